The van der Waals surface area contributed by atoms with E-state index >= 15 is 0 Å². The molecule has 22 heavy (non-hydrogen) atoms. The second-order valence-electron chi connectivity index (χ2n) is 4.87. The Morgan fingerprint density at radius 1 is 1.05 bits per heavy atom. The Morgan fingerprint density at radius 3 is 2.23 bits per heavy atom. The van der Waals surface area contributed by atoms with E-state index in [1.165, 1.54) is 0 Å². The Labute approximate surface area is 131 Å². The van der Waals surface area contributed by atoms with Crippen LogP contribution >= 0.6 is 0 Å². The van der Waals surface area contributed by atoms with Crippen molar-refractivity contribution in [2.24, 2.45) is 0 Å². The summed E-state index contributed by atoms with van der Waals surface area (Å²) < 4.78 is 16.2. The van der Waals surface area contributed by atoms with Crippen LogP contribution in [0.5, 0.6) is 17.2 Å². The largest absolute Gasteiger partial charge is 0.496 e. The van der Waals surface area contributed by atoms with Gasteiger partial charge < -0.3 is 19.5 Å². The van der Waals surface area contributed by atoms with Crippen LogP contribution in [0.15, 0.2) is 36.5 Å². The SMILES string of the molecule is COc1cc(OC)c(CN[C@@H](C)c2ccccn2)c(OC)c1. The lowest BCUT2D eigenvalue weighted by molar-refractivity contribution is 0.365. The highest BCUT2D eigenvalue weighted by Crippen LogP contribution is 2.34. The second-order valence-corrected chi connectivity index (χ2v) is 4.87. The van der Waals surface area contributed by atoms with Crippen molar-refractivity contribution in [3.63, 3.8) is 0 Å². The summed E-state index contributed by atoms with van der Waals surface area (Å²) in [6.45, 7) is 2.68. The van der Waals surface area contributed by atoms with Crippen molar-refractivity contribution in [2.45, 2.75) is 19.5 Å². The third-order valence-electron chi connectivity index (χ3n) is 3.53. The molecule has 2 aromatic rings. The lowest BCUT2D eigenvalue weighted by atomic mass is 10.1. The predicted octanol–water partition coefficient (Wildman–Crippen LogP) is 2.96. The number of rotatable bonds is 7. The van der Waals surface area contributed by atoms with Crippen molar-refractivity contribution in [3.8, 4) is 17.2 Å². The molecule has 0 aliphatic carbocycles. The summed E-state index contributed by atoms with van der Waals surface area (Å²) in [6.07, 6.45) is 1.79. The van der Waals surface area contributed by atoms with E-state index in [1.807, 2.05) is 30.3 Å². The van der Waals surface area contributed by atoms with Gasteiger partial charge in [-0.3, -0.25) is 4.98 Å². The quantitative estimate of drug-likeness (QED) is 0.852. The molecule has 1 atom stereocenters. The zero-order valence-electron chi connectivity index (χ0n) is 13.4. The highest BCUT2D eigenvalue weighted by Gasteiger charge is 2.14. The summed E-state index contributed by atoms with van der Waals surface area (Å²) in [7, 11) is 4.90. The van der Waals surface area contributed by atoms with Crippen LogP contribution in [0.2, 0.25) is 0 Å². The zero-order chi connectivity index (χ0) is 15.9. The van der Waals surface area contributed by atoms with E-state index in [2.05, 4.69) is 17.2 Å². The van der Waals surface area contributed by atoms with Gasteiger partial charge in [0.2, 0.25) is 0 Å². The minimum atomic E-state index is 0.123. The summed E-state index contributed by atoms with van der Waals surface area (Å²) >= 11 is 0. The minimum Gasteiger partial charge on any atom is -0.496 e. The molecule has 0 amide bonds. The first kappa shape index (κ1) is 16.1. The van der Waals surface area contributed by atoms with Gasteiger partial charge >= 0.3 is 0 Å². The van der Waals surface area contributed by atoms with Crippen LogP contribution in [0.25, 0.3) is 0 Å². The molecular formula is C17H22N2O3. The Kier molecular flexibility index (Phi) is 5.61. The number of benzene rings is 1. The predicted molar refractivity (Wildman–Crippen MR) is 85.6 cm³/mol. The fourth-order valence-electron chi connectivity index (χ4n) is 2.24. The molecule has 1 aromatic carbocycles. The maximum Gasteiger partial charge on any atom is 0.130 e. The number of pyridine rings is 1. The average Bonchev–Trinajstić information content (AvgIpc) is 2.59. The molecule has 0 unspecified atom stereocenters. The van der Waals surface area contributed by atoms with Crippen molar-refractivity contribution in [2.75, 3.05) is 21.3 Å². The van der Waals surface area contributed by atoms with Crippen LogP contribution in [0, 0.1) is 0 Å². The van der Waals surface area contributed by atoms with Crippen molar-refractivity contribution < 1.29 is 14.2 Å². The van der Waals surface area contributed by atoms with E-state index in [1.54, 1.807) is 27.5 Å². The van der Waals surface area contributed by atoms with Gasteiger partial charge in [0.25, 0.3) is 0 Å². The average molecular weight is 302 g/mol. The fourth-order valence-corrected chi connectivity index (χ4v) is 2.24. The van der Waals surface area contributed by atoms with E-state index in [0.717, 1.165) is 22.8 Å². The van der Waals surface area contributed by atoms with E-state index in [4.69, 9.17) is 14.2 Å². The zero-order valence-corrected chi connectivity index (χ0v) is 13.4. The number of aromatic nitrogens is 1. The minimum absolute atomic E-state index is 0.123. The van der Waals surface area contributed by atoms with Crippen molar-refractivity contribution in [3.05, 3.63) is 47.8 Å². The van der Waals surface area contributed by atoms with Crippen LogP contribution in [-0.4, -0.2) is 26.3 Å². The van der Waals surface area contributed by atoms with E-state index in [9.17, 15) is 0 Å². The Hall–Kier alpha value is -2.27. The van der Waals surface area contributed by atoms with Crippen molar-refractivity contribution >= 4 is 0 Å². The first-order chi connectivity index (χ1) is 10.7. The van der Waals surface area contributed by atoms with Crippen LogP contribution in [0.4, 0.5) is 0 Å². The van der Waals surface area contributed by atoms with Gasteiger partial charge in [0, 0.05) is 30.9 Å². The number of hydrogen-bond donors (Lipinski definition) is 1. The van der Waals surface area contributed by atoms with Crippen LogP contribution in [-0.2, 0) is 6.54 Å². The molecule has 0 aliphatic rings. The van der Waals surface area contributed by atoms with Crippen molar-refractivity contribution in [1.82, 2.24) is 10.3 Å². The normalized spacial score (nSPS) is 11.8. The number of nitrogens with one attached hydrogen (secondary N) is 1. The number of methoxy groups -OCH3 is 3. The monoisotopic (exact) mass is 302 g/mol. The fraction of sp³-hybridized carbons (Fsp3) is 0.353. The summed E-state index contributed by atoms with van der Waals surface area (Å²) in [6, 6.07) is 9.72. The van der Waals surface area contributed by atoms with Gasteiger partial charge in [-0.05, 0) is 19.1 Å². The molecule has 118 valence electrons. The number of ether oxygens (including phenoxy) is 3. The Morgan fingerprint density at radius 2 is 1.73 bits per heavy atom. The van der Waals surface area contributed by atoms with E-state index in [-0.39, 0.29) is 6.04 Å². The topological polar surface area (TPSA) is 52.6 Å². The van der Waals surface area contributed by atoms with Gasteiger partial charge in [0.15, 0.2) is 0 Å². The van der Waals surface area contributed by atoms with Gasteiger partial charge in [-0.15, -0.1) is 0 Å². The number of nitrogens with zero attached hydrogens (tertiary/aromatic N) is 1. The lowest BCUT2D eigenvalue weighted by Crippen LogP contribution is -2.19. The number of hydrogen-bond acceptors (Lipinski definition) is 5. The smallest absolute Gasteiger partial charge is 0.130 e. The van der Waals surface area contributed by atoms with Gasteiger partial charge in [-0.2, -0.15) is 0 Å². The standard InChI is InChI=1S/C17H22N2O3/c1-12(15-7-5-6-8-18-15)19-11-14-16(21-3)9-13(20-2)10-17(14)22-4/h5-10,12,19H,11H2,1-4H3/t12-/m0/s1. The highest BCUT2D eigenvalue weighted by molar-refractivity contribution is 5.50. The molecule has 0 aliphatic heterocycles. The molecule has 5 nitrogen and oxygen atoms in total. The third kappa shape index (κ3) is 3.68. The Bertz CT molecular complexity index is 577. The first-order valence-corrected chi connectivity index (χ1v) is 7.12. The van der Waals surface area contributed by atoms with E-state index in [0.29, 0.717) is 12.3 Å². The third-order valence-corrected chi connectivity index (χ3v) is 3.53. The summed E-state index contributed by atoms with van der Waals surface area (Å²) in [5.74, 6) is 2.17. The second kappa shape index (κ2) is 7.66. The molecule has 0 spiro atoms. The molecule has 1 N–H and O–H groups in total. The first-order valence-electron chi connectivity index (χ1n) is 7.12. The molecule has 0 saturated heterocycles. The van der Waals surface area contributed by atoms with Gasteiger partial charge in [0.1, 0.15) is 17.2 Å². The summed E-state index contributed by atoms with van der Waals surface area (Å²) in [5.41, 5.74) is 1.95. The lowest BCUT2D eigenvalue weighted by Gasteiger charge is -2.18. The summed E-state index contributed by atoms with van der Waals surface area (Å²) in [4.78, 5) is 4.36. The van der Waals surface area contributed by atoms with Crippen LogP contribution < -0.4 is 19.5 Å². The van der Waals surface area contributed by atoms with Gasteiger partial charge in [0.05, 0.1) is 32.6 Å². The Balaban J connectivity index is 2.18. The highest BCUT2D eigenvalue weighted by atomic mass is 16.5. The molecule has 0 fully saturated rings. The maximum absolute atomic E-state index is 5.45. The molecule has 0 saturated carbocycles. The molecule has 0 radical (unpaired) electrons. The molecule has 5 heteroatoms. The van der Waals surface area contributed by atoms with Gasteiger partial charge in [-0.1, -0.05) is 6.07 Å². The molecular weight excluding hydrogens is 280 g/mol. The molecule has 2 rings (SSSR count). The van der Waals surface area contributed by atoms with Crippen LogP contribution in [0.1, 0.15) is 24.2 Å². The summed E-state index contributed by atoms with van der Waals surface area (Å²) in [5, 5.41) is 3.44. The van der Waals surface area contributed by atoms with Crippen LogP contribution in [0.3, 0.4) is 0 Å². The maximum atomic E-state index is 5.45. The molecule has 0 bridgehead atoms. The molecule has 1 aromatic heterocycles. The molecule has 1 heterocycles. The van der Waals surface area contributed by atoms with Crippen molar-refractivity contribution in [1.29, 1.82) is 0 Å². The van der Waals surface area contributed by atoms with Gasteiger partial charge in [-0.25, -0.2) is 0 Å². The van der Waals surface area contributed by atoms with E-state index < -0.39 is 0 Å².